The normalized spacial score (nSPS) is 21.3. The van der Waals surface area contributed by atoms with Gasteiger partial charge < -0.3 is 14.7 Å². The smallest absolute Gasteiger partial charge is 0.410 e. The van der Waals surface area contributed by atoms with E-state index in [0.717, 1.165) is 10.0 Å². The second-order valence-electron chi connectivity index (χ2n) is 6.93. The standard InChI is InChI=1S/C16H21BrN2O4/c1-15(2,3)23-14(22)19-5-4-16(10-19,13(20)21)7-11-6-12(17)9-18-8-11/h6,8-9H,4-5,7,10H2,1-3H3,(H,20,21). The number of carbonyl (C=O) groups excluding carboxylic acids is 1. The zero-order valence-electron chi connectivity index (χ0n) is 13.5. The molecule has 1 aromatic rings. The molecule has 1 atom stereocenters. The molecule has 1 unspecified atom stereocenters. The average Bonchev–Trinajstić information content (AvgIpc) is 2.82. The average molecular weight is 385 g/mol. The second kappa shape index (κ2) is 6.47. The summed E-state index contributed by atoms with van der Waals surface area (Å²) < 4.78 is 6.14. The molecule has 1 amide bonds. The number of carboxylic acids is 1. The molecule has 0 spiro atoms. The number of ether oxygens (including phenoxy) is 1. The van der Waals surface area contributed by atoms with Gasteiger partial charge in [0.05, 0.1) is 5.41 Å². The fourth-order valence-electron chi connectivity index (χ4n) is 2.69. The van der Waals surface area contributed by atoms with E-state index in [2.05, 4.69) is 20.9 Å². The molecule has 126 valence electrons. The molecule has 2 rings (SSSR count). The van der Waals surface area contributed by atoms with Gasteiger partial charge in [-0.1, -0.05) is 0 Å². The Balaban J connectivity index is 2.14. The van der Waals surface area contributed by atoms with Gasteiger partial charge in [0.1, 0.15) is 5.60 Å². The number of pyridine rings is 1. The number of rotatable bonds is 3. The number of halogens is 1. The third-order valence-corrected chi connectivity index (χ3v) is 4.20. The minimum absolute atomic E-state index is 0.143. The van der Waals surface area contributed by atoms with Crippen LogP contribution in [-0.4, -0.2) is 45.7 Å². The summed E-state index contributed by atoms with van der Waals surface area (Å²) in [6, 6.07) is 1.85. The minimum atomic E-state index is -1.00. The third-order valence-electron chi connectivity index (χ3n) is 3.76. The van der Waals surface area contributed by atoms with E-state index < -0.39 is 23.1 Å². The summed E-state index contributed by atoms with van der Waals surface area (Å²) in [5, 5.41) is 9.72. The minimum Gasteiger partial charge on any atom is -0.481 e. The number of carbonyl (C=O) groups is 2. The zero-order chi connectivity index (χ0) is 17.3. The molecule has 0 bridgehead atoms. The number of hydrogen-bond acceptors (Lipinski definition) is 4. The van der Waals surface area contributed by atoms with Crippen molar-refractivity contribution < 1.29 is 19.4 Å². The second-order valence-corrected chi connectivity index (χ2v) is 7.84. The number of aliphatic carboxylic acids is 1. The lowest BCUT2D eigenvalue weighted by Gasteiger charge is -2.27. The maximum Gasteiger partial charge on any atom is 0.410 e. The number of nitrogens with zero attached hydrogens (tertiary/aromatic N) is 2. The molecule has 1 fully saturated rings. The van der Waals surface area contributed by atoms with Crippen molar-refractivity contribution in [3.63, 3.8) is 0 Å². The predicted octanol–water partition coefficient (Wildman–Crippen LogP) is 3.10. The van der Waals surface area contributed by atoms with E-state index in [9.17, 15) is 14.7 Å². The highest BCUT2D eigenvalue weighted by Crippen LogP contribution is 2.35. The number of carboxylic acid groups (broad SMARTS) is 1. The first-order valence-corrected chi connectivity index (χ1v) is 8.21. The van der Waals surface area contributed by atoms with Crippen LogP contribution in [0, 0.1) is 5.41 Å². The molecule has 1 aliphatic rings. The molecule has 23 heavy (non-hydrogen) atoms. The van der Waals surface area contributed by atoms with Crippen LogP contribution in [-0.2, 0) is 16.0 Å². The quantitative estimate of drug-likeness (QED) is 0.865. The van der Waals surface area contributed by atoms with Gasteiger partial charge in [0.15, 0.2) is 0 Å². The van der Waals surface area contributed by atoms with Crippen molar-refractivity contribution in [2.24, 2.45) is 5.41 Å². The van der Waals surface area contributed by atoms with Gasteiger partial charge in [0.25, 0.3) is 0 Å². The lowest BCUT2D eigenvalue weighted by Crippen LogP contribution is -2.40. The van der Waals surface area contributed by atoms with Crippen molar-refractivity contribution in [2.75, 3.05) is 13.1 Å². The van der Waals surface area contributed by atoms with Crippen LogP contribution >= 0.6 is 15.9 Å². The highest BCUT2D eigenvalue weighted by Gasteiger charge is 2.47. The lowest BCUT2D eigenvalue weighted by molar-refractivity contribution is -0.148. The van der Waals surface area contributed by atoms with Gasteiger partial charge in [0, 0.05) is 30.0 Å². The van der Waals surface area contributed by atoms with Gasteiger partial charge >= 0.3 is 12.1 Å². The highest BCUT2D eigenvalue weighted by molar-refractivity contribution is 9.10. The van der Waals surface area contributed by atoms with Crippen LogP contribution in [0.25, 0.3) is 0 Å². The molecule has 1 saturated heterocycles. The van der Waals surface area contributed by atoms with Crippen molar-refractivity contribution in [1.29, 1.82) is 0 Å². The highest BCUT2D eigenvalue weighted by atomic mass is 79.9. The van der Waals surface area contributed by atoms with Crippen LogP contribution in [0.3, 0.4) is 0 Å². The summed E-state index contributed by atoms with van der Waals surface area (Å²) >= 11 is 3.34. The molecule has 6 nitrogen and oxygen atoms in total. The van der Waals surface area contributed by atoms with E-state index in [0.29, 0.717) is 19.4 Å². The fraction of sp³-hybridized carbons (Fsp3) is 0.562. The summed E-state index contributed by atoms with van der Waals surface area (Å²) in [4.78, 5) is 29.6. The van der Waals surface area contributed by atoms with Gasteiger partial charge in [-0.3, -0.25) is 9.78 Å². The number of amides is 1. The molecule has 0 radical (unpaired) electrons. The molecule has 1 N–H and O–H groups in total. The van der Waals surface area contributed by atoms with Crippen LogP contribution in [0.4, 0.5) is 4.79 Å². The number of hydrogen-bond donors (Lipinski definition) is 1. The Morgan fingerprint density at radius 1 is 1.43 bits per heavy atom. The Morgan fingerprint density at radius 3 is 2.70 bits per heavy atom. The van der Waals surface area contributed by atoms with Crippen molar-refractivity contribution >= 4 is 28.0 Å². The summed E-state index contributed by atoms with van der Waals surface area (Å²) in [6.07, 6.45) is 3.57. The molecule has 1 aliphatic heterocycles. The predicted molar refractivity (Wildman–Crippen MR) is 88.1 cm³/mol. The topological polar surface area (TPSA) is 79.7 Å². The largest absolute Gasteiger partial charge is 0.481 e. The summed E-state index contributed by atoms with van der Waals surface area (Å²) in [6.45, 7) is 5.89. The number of aromatic nitrogens is 1. The summed E-state index contributed by atoms with van der Waals surface area (Å²) in [5.41, 5.74) is -0.771. The van der Waals surface area contributed by atoms with Gasteiger partial charge in [-0.2, -0.15) is 0 Å². The molecule has 0 saturated carbocycles. The Bertz CT molecular complexity index is 614. The van der Waals surface area contributed by atoms with Crippen LogP contribution in [0.2, 0.25) is 0 Å². The van der Waals surface area contributed by atoms with E-state index in [4.69, 9.17) is 4.74 Å². The Labute approximate surface area is 144 Å². The van der Waals surface area contributed by atoms with Crippen molar-refractivity contribution in [2.45, 2.75) is 39.2 Å². The van der Waals surface area contributed by atoms with Crippen LogP contribution in [0.15, 0.2) is 22.9 Å². The number of likely N-dealkylation sites (tertiary alicyclic amines) is 1. The summed E-state index contributed by atoms with van der Waals surface area (Å²) in [5.74, 6) is -0.900. The molecule has 0 aromatic carbocycles. The van der Waals surface area contributed by atoms with Crippen molar-refractivity contribution in [3.05, 3.63) is 28.5 Å². The summed E-state index contributed by atoms with van der Waals surface area (Å²) in [7, 11) is 0. The third kappa shape index (κ3) is 4.43. The maximum atomic E-state index is 12.2. The molecular formula is C16H21BrN2O4. The van der Waals surface area contributed by atoms with Gasteiger partial charge in [-0.05, 0) is 61.2 Å². The van der Waals surface area contributed by atoms with E-state index >= 15 is 0 Å². The zero-order valence-corrected chi connectivity index (χ0v) is 15.1. The Kier molecular flexibility index (Phi) is 4.98. The van der Waals surface area contributed by atoms with Crippen LogP contribution < -0.4 is 0 Å². The first-order valence-electron chi connectivity index (χ1n) is 7.42. The fourth-order valence-corrected chi connectivity index (χ4v) is 3.10. The molecule has 0 aliphatic carbocycles. The first kappa shape index (κ1) is 17.7. The van der Waals surface area contributed by atoms with Crippen LogP contribution in [0.5, 0.6) is 0 Å². The van der Waals surface area contributed by atoms with Gasteiger partial charge in [0.2, 0.25) is 0 Å². The van der Waals surface area contributed by atoms with Gasteiger partial charge in [-0.15, -0.1) is 0 Å². The van der Waals surface area contributed by atoms with E-state index in [1.54, 1.807) is 33.2 Å². The maximum absolute atomic E-state index is 12.2. The van der Waals surface area contributed by atoms with Crippen molar-refractivity contribution in [3.8, 4) is 0 Å². The molecule has 7 heteroatoms. The first-order chi connectivity index (χ1) is 10.6. The molecule has 1 aromatic heterocycles. The SMILES string of the molecule is CC(C)(C)OC(=O)N1CCC(Cc2cncc(Br)c2)(C(=O)O)C1. The van der Waals surface area contributed by atoms with E-state index in [1.165, 1.54) is 4.90 Å². The molecule has 2 heterocycles. The Hall–Kier alpha value is -1.63. The molecular weight excluding hydrogens is 364 g/mol. The monoisotopic (exact) mass is 384 g/mol. The van der Waals surface area contributed by atoms with Crippen LogP contribution in [0.1, 0.15) is 32.8 Å². The van der Waals surface area contributed by atoms with E-state index in [1.807, 2.05) is 6.07 Å². The van der Waals surface area contributed by atoms with Crippen molar-refractivity contribution in [1.82, 2.24) is 9.88 Å². The van der Waals surface area contributed by atoms with Gasteiger partial charge in [-0.25, -0.2) is 4.79 Å². The lowest BCUT2D eigenvalue weighted by atomic mass is 9.81. The van der Waals surface area contributed by atoms with E-state index in [-0.39, 0.29) is 6.54 Å². The Morgan fingerprint density at radius 2 is 2.13 bits per heavy atom.